The number of halogens is 2. The average molecular weight is 380 g/mol. The van der Waals surface area contributed by atoms with Crippen LogP contribution in [-0.2, 0) is 13.5 Å². The number of imidazole rings is 1. The second kappa shape index (κ2) is 5.62. The van der Waals surface area contributed by atoms with Gasteiger partial charge in [0.2, 0.25) is 0 Å². The molecule has 4 nitrogen and oxygen atoms in total. The van der Waals surface area contributed by atoms with Crippen molar-refractivity contribution >= 4 is 43.2 Å². The number of aromatic nitrogens is 2. The van der Waals surface area contributed by atoms with E-state index in [2.05, 4.69) is 48.3 Å². The molecule has 7 heteroatoms. The quantitative estimate of drug-likeness (QED) is 0.634. The molecule has 0 aromatic carbocycles. The molecule has 0 aliphatic rings. The monoisotopic (exact) mass is 378 g/mol. The normalized spacial score (nSPS) is 12.9. The highest BCUT2D eigenvalue weighted by Crippen LogP contribution is 2.36. The molecule has 2 aromatic rings. The van der Waals surface area contributed by atoms with Crippen LogP contribution in [0.15, 0.2) is 26.7 Å². The summed E-state index contributed by atoms with van der Waals surface area (Å²) in [7, 11) is 1.98. The molecule has 0 aliphatic heterocycles. The van der Waals surface area contributed by atoms with Crippen molar-refractivity contribution < 1.29 is 0 Å². The third-order valence-corrected chi connectivity index (χ3v) is 5.89. The number of nitrogens with two attached hydrogens (primary N) is 1. The first-order chi connectivity index (χ1) is 8.11. The Morgan fingerprint density at radius 1 is 1.59 bits per heavy atom. The van der Waals surface area contributed by atoms with E-state index in [4.69, 9.17) is 5.84 Å². The van der Waals surface area contributed by atoms with E-state index < -0.39 is 0 Å². The van der Waals surface area contributed by atoms with Crippen molar-refractivity contribution in [2.75, 3.05) is 0 Å². The molecule has 1 unspecified atom stereocenters. The van der Waals surface area contributed by atoms with Crippen LogP contribution in [0.3, 0.4) is 0 Å². The predicted octanol–water partition coefficient (Wildman–Crippen LogP) is 2.75. The Labute approximate surface area is 120 Å². The predicted molar refractivity (Wildman–Crippen MR) is 76.7 cm³/mol. The van der Waals surface area contributed by atoms with Crippen molar-refractivity contribution in [1.29, 1.82) is 0 Å². The maximum absolute atomic E-state index is 5.62. The van der Waals surface area contributed by atoms with Gasteiger partial charge in [0.15, 0.2) is 0 Å². The minimum Gasteiger partial charge on any atom is -0.338 e. The smallest absolute Gasteiger partial charge is 0.110 e. The Kier molecular flexibility index (Phi) is 4.37. The zero-order valence-corrected chi connectivity index (χ0v) is 13.1. The third-order valence-electron chi connectivity index (χ3n) is 2.52. The van der Waals surface area contributed by atoms with Gasteiger partial charge in [-0.1, -0.05) is 0 Å². The maximum atomic E-state index is 5.62. The van der Waals surface area contributed by atoms with E-state index >= 15 is 0 Å². The van der Waals surface area contributed by atoms with Crippen LogP contribution in [0.1, 0.15) is 16.7 Å². The highest BCUT2D eigenvalue weighted by Gasteiger charge is 2.16. The van der Waals surface area contributed by atoms with E-state index in [1.54, 1.807) is 17.5 Å². The molecular formula is C10H12Br2N4S. The molecule has 0 radical (unpaired) electrons. The van der Waals surface area contributed by atoms with Crippen LogP contribution in [0, 0.1) is 0 Å². The molecule has 0 saturated heterocycles. The number of hydrogen-bond donors (Lipinski definition) is 2. The molecule has 17 heavy (non-hydrogen) atoms. The molecule has 2 rings (SSSR count). The molecule has 1 atom stereocenters. The van der Waals surface area contributed by atoms with E-state index in [0.717, 1.165) is 20.5 Å². The van der Waals surface area contributed by atoms with Gasteiger partial charge >= 0.3 is 0 Å². The molecule has 0 aliphatic carbocycles. The maximum Gasteiger partial charge on any atom is 0.110 e. The molecule has 0 saturated carbocycles. The van der Waals surface area contributed by atoms with Crippen LogP contribution >= 0.6 is 43.2 Å². The number of rotatable bonds is 4. The average Bonchev–Trinajstić information content (AvgIpc) is 2.83. The van der Waals surface area contributed by atoms with Crippen molar-refractivity contribution in [3.63, 3.8) is 0 Å². The van der Waals surface area contributed by atoms with Gasteiger partial charge in [0.25, 0.3) is 0 Å². The summed E-state index contributed by atoms with van der Waals surface area (Å²) in [6.07, 6.45) is 4.49. The van der Waals surface area contributed by atoms with Gasteiger partial charge in [-0.25, -0.2) is 4.98 Å². The highest BCUT2D eigenvalue weighted by molar-refractivity contribution is 9.13. The SMILES string of the molecule is Cn1ccnc1CC(NN)c1cc(Br)c(Br)s1. The molecule has 92 valence electrons. The highest BCUT2D eigenvalue weighted by atomic mass is 79.9. The number of nitrogens with zero attached hydrogens (tertiary/aromatic N) is 2. The van der Waals surface area contributed by atoms with Crippen LogP contribution in [-0.4, -0.2) is 9.55 Å². The van der Waals surface area contributed by atoms with Gasteiger partial charge in [-0.2, -0.15) is 0 Å². The van der Waals surface area contributed by atoms with E-state index in [9.17, 15) is 0 Å². The molecule has 2 aromatic heterocycles. The van der Waals surface area contributed by atoms with E-state index in [1.165, 1.54) is 4.88 Å². The zero-order valence-electron chi connectivity index (χ0n) is 9.15. The van der Waals surface area contributed by atoms with Gasteiger partial charge in [0, 0.05) is 35.2 Å². The van der Waals surface area contributed by atoms with Crippen molar-refractivity contribution in [3.05, 3.63) is 37.4 Å². The number of aryl methyl sites for hydroxylation is 1. The second-order valence-corrected chi connectivity index (χ2v) is 6.90. The van der Waals surface area contributed by atoms with Crippen LogP contribution in [0.4, 0.5) is 0 Å². The van der Waals surface area contributed by atoms with Gasteiger partial charge < -0.3 is 4.57 Å². The van der Waals surface area contributed by atoms with Crippen molar-refractivity contribution in [2.45, 2.75) is 12.5 Å². The molecule has 0 fully saturated rings. The standard InChI is InChI=1S/C10H12Br2N4S/c1-16-3-2-14-9(16)5-7(15-13)8-4-6(11)10(12)17-8/h2-4,7,15H,5,13H2,1H3. The first kappa shape index (κ1) is 13.2. The van der Waals surface area contributed by atoms with Crippen LogP contribution < -0.4 is 11.3 Å². The molecule has 0 bridgehead atoms. The van der Waals surface area contributed by atoms with Gasteiger partial charge in [-0.05, 0) is 37.9 Å². The van der Waals surface area contributed by atoms with Crippen molar-refractivity contribution in [3.8, 4) is 0 Å². The first-order valence-electron chi connectivity index (χ1n) is 4.99. The number of hydrogen-bond acceptors (Lipinski definition) is 4. The van der Waals surface area contributed by atoms with Gasteiger partial charge in [0.1, 0.15) is 5.82 Å². The van der Waals surface area contributed by atoms with E-state index in [0.29, 0.717) is 0 Å². The Balaban J connectivity index is 2.20. The summed E-state index contributed by atoms with van der Waals surface area (Å²) >= 11 is 8.63. The summed E-state index contributed by atoms with van der Waals surface area (Å²) in [5.41, 5.74) is 2.84. The molecule has 0 spiro atoms. The Bertz CT molecular complexity index is 489. The summed E-state index contributed by atoms with van der Waals surface area (Å²) in [5, 5.41) is 0. The molecular weight excluding hydrogens is 368 g/mol. The molecule has 3 N–H and O–H groups in total. The number of thiophene rings is 1. The number of nitrogens with one attached hydrogen (secondary N) is 1. The minimum atomic E-state index is 0.0729. The van der Waals surface area contributed by atoms with Crippen LogP contribution in [0.5, 0.6) is 0 Å². The van der Waals surface area contributed by atoms with Crippen molar-refractivity contribution in [1.82, 2.24) is 15.0 Å². The third kappa shape index (κ3) is 2.97. The van der Waals surface area contributed by atoms with Crippen LogP contribution in [0.25, 0.3) is 0 Å². The lowest BCUT2D eigenvalue weighted by Gasteiger charge is -2.13. The van der Waals surface area contributed by atoms with Gasteiger partial charge in [-0.3, -0.25) is 11.3 Å². The summed E-state index contributed by atoms with van der Waals surface area (Å²) in [6.45, 7) is 0. The lowest BCUT2D eigenvalue weighted by molar-refractivity contribution is 0.538. The fourth-order valence-corrected chi connectivity index (χ4v) is 3.70. The zero-order chi connectivity index (χ0) is 12.4. The summed E-state index contributed by atoms with van der Waals surface area (Å²) in [6, 6.07) is 2.14. The summed E-state index contributed by atoms with van der Waals surface area (Å²) in [5.74, 6) is 6.63. The van der Waals surface area contributed by atoms with E-state index in [-0.39, 0.29) is 6.04 Å². The van der Waals surface area contributed by atoms with Crippen LogP contribution in [0.2, 0.25) is 0 Å². The summed E-state index contributed by atoms with van der Waals surface area (Å²) in [4.78, 5) is 5.48. The largest absolute Gasteiger partial charge is 0.338 e. The molecule has 0 amide bonds. The van der Waals surface area contributed by atoms with Crippen molar-refractivity contribution in [2.24, 2.45) is 12.9 Å². The van der Waals surface area contributed by atoms with Gasteiger partial charge in [0.05, 0.1) is 9.83 Å². The fraction of sp³-hybridized carbons (Fsp3) is 0.300. The van der Waals surface area contributed by atoms with Gasteiger partial charge in [-0.15, -0.1) is 11.3 Å². The Morgan fingerprint density at radius 2 is 2.35 bits per heavy atom. The minimum absolute atomic E-state index is 0.0729. The lowest BCUT2D eigenvalue weighted by atomic mass is 10.2. The second-order valence-electron chi connectivity index (χ2n) is 3.65. The lowest BCUT2D eigenvalue weighted by Crippen LogP contribution is -2.29. The molecule has 2 heterocycles. The topological polar surface area (TPSA) is 55.9 Å². The summed E-state index contributed by atoms with van der Waals surface area (Å²) < 4.78 is 4.13. The Morgan fingerprint density at radius 3 is 2.82 bits per heavy atom. The first-order valence-corrected chi connectivity index (χ1v) is 7.39. The van der Waals surface area contributed by atoms with E-state index in [1.807, 2.05) is 17.8 Å². The number of hydrazine groups is 1. The Hall–Kier alpha value is -0.210. The fourth-order valence-electron chi connectivity index (χ4n) is 1.55.